The molecule has 7 nitrogen and oxygen atoms in total. The highest BCUT2D eigenvalue weighted by Crippen LogP contribution is 2.20. The SMILES string of the molecule is CC(C(=O)NC1CC1)S(=O)(=O)Cc1nc(Cc2ccccc2)no1. The van der Waals surface area contributed by atoms with Crippen LogP contribution in [0, 0.1) is 0 Å². The lowest BCUT2D eigenvalue weighted by Crippen LogP contribution is -2.39. The van der Waals surface area contributed by atoms with Gasteiger partial charge in [0.2, 0.25) is 11.8 Å². The molecule has 0 aliphatic heterocycles. The van der Waals surface area contributed by atoms with Crippen LogP contribution in [0.4, 0.5) is 0 Å². The van der Waals surface area contributed by atoms with Gasteiger partial charge >= 0.3 is 0 Å². The molecule has 1 aliphatic rings. The summed E-state index contributed by atoms with van der Waals surface area (Å²) in [6.07, 6.45) is 2.28. The molecule has 1 amide bonds. The molecule has 1 heterocycles. The largest absolute Gasteiger partial charge is 0.352 e. The van der Waals surface area contributed by atoms with Gasteiger partial charge in [-0.05, 0) is 25.3 Å². The number of sulfone groups is 1. The topological polar surface area (TPSA) is 102 Å². The number of nitrogens with zero attached hydrogens (tertiary/aromatic N) is 2. The molecule has 0 spiro atoms. The number of rotatable bonds is 7. The van der Waals surface area contributed by atoms with Gasteiger partial charge in [-0.3, -0.25) is 4.79 Å². The zero-order valence-electron chi connectivity index (χ0n) is 13.3. The minimum absolute atomic E-state index is 0.00648. The smallest absolute Gasteiger partial charge is 0.241 e. The third-order valence-electron chi connectivity index (χ3n) is 3.87. The summed E-state index contributed by atoms with van der Waals surface area (Å²) in [5, 5.41) is 5.37. The first-order valence-electron chi connectivity index (χ1n) is 7.81. The van der Waals surface area contributed by atoms with Gasteiger partial charge in [0.05, 0.1) is 0 Å². The standard InChI is InChI=1S/C16H19N3O4S/c1-11(16(20)17-13-7-8-13)24(21,22)10-15-18-14(19-23-15)9-12-5-3-2-4-6-12/h2-6,11,13H,7-10H2,1H3,(H,17,20). The number of carbonyl (C=O) groups excluding carboxylic acids is 1. The van der Waals surface area contributed by atoms with Crippen LogP contribution >= 0.6 is 0 Å². The van der Waals surface area contributed by atoms with Crippen molar-refractivity contribution >= 4 is 15.7 Å². The Balaban J connectivity index is 1.63. The highest BCUT2D eigenvalue weighted by atomic mass is 32.2. The molecule has 2 aromatic rings. The third kappa shape index (κ3) is 4.19. The molecule has 0 radical (unpaired) electrons. The Kier molecular flexibility index (Phi) is 4.66. The second-order valence-electron chi connectivity index (χ2n) is 6.00. The van der Waals surface area contributed by atoms with E-state index in [-0.39, 0.29) is 11.9 Å². The van der Waals surface area contributed by atoms with Crippen molar-refractivity contribution in [2.45, 2.75) is 43.2 Å². The monoisotopic (exact) mass is 349 g/mol. The van der Waals surface area contributed by atoms with E-state index in [0.717, 1.165) is 18.4 Å². The molecule has 3 rings (SSSR count). The summed E-state index contributed by atoms with van der Waals surface area (Å²) in [4.78, 5) is 16.0. The fourth-order valence-corrected chi connectivity index (χ4v) is 3.31. The highest BCUT2D eigenvalue weighted by Gasteiger charge is 2.33. The van der Waals surface area contributed by atoms with Gasteiger partial charge in [0, 0.05) is 12.5 Å². The van der Waals surface area contributed by atoms with Gasteiger partial charge in [-0.1, -0.05) is 35.5 Å². The van der Waals surface area contributed by atoms with Gasteiger partial charge < -0.3 is 9.84 Å². The molecule has 1 aromatic carbocycles. The Bertz CT molecular complexity index is 813. The van der Waals surface area contributed by atoms with E-state index in [2.05, 4.69) is 15.5 Å². The molecule has 1 saturated carbocycles. The Morgan fingerprint density at radius 2 is 2.04 bits per heavy atom. The van der Waals surface area contributed by atoms with Gasteiger partial charge in [-0.2, -0.15) is 4.98 Å². The van der Waals surface area contributed by atoms with Crippen molar-refractivity contribution in [2.75, 3.05) is 0 Å². The van der Waals surface area contributed by atoms with Crippen LogP contribution in [0.2, 0.25) is 0 Å². The molecule has 1 fully saturated rings. The summed E-state index contributed by atoms with van der Waals surface area (Å²) < 4.78 is 29.7. The molecule has 0 bridgehead atoms. The van der Waals surface area contributed by atoms with E-state index < -0.39 is 26.7 Å². The minimum atomic E-state index is -3.70. The number of hydrogen-bond acceptors (Lipinski definition) is 6. The highest BCUT2D eigenvalue weighted by molar-refractivity contribution is 7.92. The van der Waals surface area contributed by atoms with Crippen molar-refractivity contribution in [3.05, 3.63) is 47.6 Å². The van der Waals surface area contributed by atoms with E-state index in [1.807, 2.05) is 30.3 Å². The van der Waals surface area contributed by atoms with Crippen molar-refractivity contribution < 1.29 is 17.7 Å². The molecule has 8 heteroatoms. The Morgan fingerprint density at radius 1 is 1.33 bits per heavy atom. The molecule has 0 saturated heterocycles. The van der Waals surface area contributed by atoms with Gasteiger partial charge in [-0.15, -0.1) is 0 Å². The maximum atomic E-state index is 12.3. The van der Waals surface area contributed by atoms with E-state index in [1.165, 1.54) is 6.92 Å². The van der Waals surface area contributed by atoms with E-state index in [1.54, 1.807) is 0 Å². The molecule has 1 atom stereocenters. The lowest BCUT2D eigenvalue weighted by Gasteiger charge is -2.11. The van der Waals surface area contributed by atoms with E-state index in [4.69, 9.17) is 4.52 Å². The second kappa shape index (κ2) is 6.72. The summed E-state index contributed by atoms with van der Waals surface area (Å²) in [6, 6.07) is 9.69. The minimum Gasteiger partial charge on any atom is -0.352 e. The van der Waals surface area contributed by atoms with Gasteiger partial charge in [0.15, 0.2) is 15.7 Å². The van der Waals surface area contributed by atoms with Crippen LogP contribution in [0.1, 0.15) is 37.0 Å². The number of nitrogens with one attached hydrogen (secondary N) is 1. The Morgan fingerprint density at radius 3 is 2.71 bits per heavy atom. The van der Waals surface area contributed by atoms with Crippen molar-refractivity contribution in [1.29, 1.82) is 0 Å². The molecule has 1 unspecified atom stereocenters. The molecular weight excluding hydrogens is 330 g/mol. The van der Waals surface area contributed by atoms with Crippen LogP contribution in [0.5, 0.6) is 0 Å². The van der Waals surface area contributed by atoms with Crippen LogP contribution < -0.4 is 5.32 Å². The maximum Gasteiger partial charge on any atom is 0.241 e. The molecule has 24 heavy (non-hydrogen) atoms. The quantitative estimate of drug-likeness (QED) is 0.807. The molecule has 1 aromatic heterocycles. The molecule has 128 valence electrons. The molecule has 1 aliphatic carbocycles. The first-order valence-corrected chi connectivity index (χ1v) is 9.53. The first-order chi connectivity index (χ1) is 11.4. The van der Waals surface area contributed by atoms with Crippen LogP contribution in [0.25, 0.3) is 0 Å². The number of aromatic nitrogens is 2. The lowest BCUT2D eigenvalue weighted by molar-refractivity contribution is -0.120. The fourth-order valence-electron chi connectivity index (χ4n) is 2.21. The molecular formula is C16H19N3O4S. The average molecular weight is 349 g/mol. The maximum absolute atomic E-state index is 12.3. The normalized spacial score (nSPS) is 15.9. The zero-order chi connectivity index (χ0) is 17.2. The average Bonchev–Trinajstić information content (AvgIpc) is 3.26. The van der Waals surface area contributed by atoms with Gasteiger partial charge in [0.1, 0.15) is 11.0 Å². The van der Waals surface area contributed by atoms with Crippen LogP contribution in [-0.2, 0) is 26.8 Å². The van der Waals surface area contributed by atoms with Crippen LogP contribution in [0.15, 0.2) is 34.9 Å². The van der Waals surface area contributed by atoms with Gasteiger partial charge in [0.25, 0.3) is 0 Å². The predicted octanol–water partition coefficient (Wildman–Crippen LogP) is 1.24. The third-order valence-corrected chi connectivity index (χ3v) is 5.81. The molecule has 1 N–H and O–H groups in total. The fraction of sp³-hybridized carbons (Fsp3) is 0.438. The predicted molar refractivity (Wildman–Crippen MR) is 86.8 cm³/mol. The second-order valence-corrected chi connectivity index (χ2v) is 8.32. The number of amides is 1. The summed E-state index contributed by atoms with van der Waals surface area (Å²) in [6.45, 7) is 1.38. The van der Waals surface area contributed by atoms with E-state index in [9.17, 15) is 13.2 Å². The number of benzene rings is 1. The summed E-state index contributed by atoms with van der Waals surface area (Å²) in [7, 11) is -3.70. The summed E-state index contributed by atoms with van der Waals surface area (Å²) >= 11 is 0. The van der Waals surface area contributed by atoms with E-state index >= 15 is 0 Å². The van der Waals surface area contributed by atoms with Crippen LogP contribution in [-0.4, -0.2) is 35.8 Å². The summed E-state index contributed by atoms with van der Waals surface area (Å²) in [5.41, 5.74) is 1.00. The van der Waals surface area contributed by atoms with Gasteiger partial charge in [-0.25, -0.2) is 8.42 Å². The summed E-state index contributed by atoms with van der Waals surface area (Å²) in [5.74, 6) is -0.483. The zero-order valence-corrected chi connectivity index (χ0v) is 14.1. The van der Waals surface area contributed by atoms with E-state index in [0.29, 0.717) is 12.2 Å². The number of carbonyl (C=O) groups is 1. The first kappa shape index (κ1) is 16.6. The lowest BCUT2D eigenvalue weighted by atomic mass is 10.1. The van der Waals surface area contributed by atoms with Crippen LogP contribution in [0.3, 0.4) is 0 Å². The van der Waals surface area contributed by atoms with Crippen molar-refractivity contribution in [3.8, 4) is 0 Å². The Hall–Kier alpha value is -2.22. The van der Waals surface area contributed by atoms with Crippen molar-refractivity contribution in [3.63, 3.8) is 0 Å². The number of hydrogen-bond donors (Lipinski definition) is 1. The van der Waals surface area contributed by atoms with Crippen molar-refractivity contribution in [1.82, 2.24) is 15.5 Å². The Labute approximate surface area is 140 Å². The van der Waals surface area contributed by atoms with Crippen molar-refractivity contribution in [2.24, 2.45) is 0 Å².